The van der Waals surface area contributed by atoms with E-state index in [-0.39, 0.29) is 34.5 Å². The molecule has 174 valence electrons. The molecule has 1 aromatic heterocycles. The molecule has 0 saturated carbocycles. The van der Waals surface area contributed by atoms with E-state index in [4.69, 9.17) is 0 Å². The van der Waals surface area contributed by atoms with Crippen molar-refractivity contribution in [1.82, 2.24) is 15.1 Å². The molecule has 9 nitrogen and oxygen atoms in total. The normalized spacial score (nSPS) is 12.8. The first-order valence-electron chi connectivity index (χ1n) is 11.0. The van der Waals surface area contributed by atoms with Gasteiger partial charge in [-0.2, -0.15) is 5.10 Å². The Morgan fingerprint density at radius 1 is 0.971 bits per heavy atom. The Morgan fingerprint density at radius 3 is 2.26 bits per heavy atom. The van der Waals surface area contributed by atoms with Crippen molar-refractivity contribution in [2.45, 2.75) is 27.3 Å². The first kappa shape index (κ1) is 22.9. The van der Waals surface area contributed by atoms with Gasteiger partial charge in [-0.1, -0.05) is 32.0 Å². The largest absolute Gasteiger partial charge is 0.350 e. The minimum atomic E-state index is -0.493. The van der Waals surface area contributed by atoms with E-state index in [0.717, 1.165) is 4.90 Å². The molecule has 0 atom stereocenters. The van der Waals surface area contributed by atoms with E-state index in [1.54, 1.807) is 53.3 Å². The molecule has 0 aliphatic carbocycles. The zero-order valence-electron chi connectivity index (χ0n) is 19.2. The van der Waals surface area contributed by atoms with Crippen molar-refractivity contribution in [3.05, 3.63) is 77.1 Å². The Balaban J connectivity index is 1.58. The summed E-state index contributed by atoms with van der Waals surface area (Å²) in [5, 5.41) is 9.81. The molecule has 0 saturated heterocycles. The predicted octanol–water partition coefficient (Wildman–Crippen LogP) is 3.34. The van der Waals surface area contributed by atoms with Crippen LogP contribution in [-0.2, 0) is 6.54 Å². The topological polar surface area (TPSA) is 113 Å². The van der Waals surface area contributed by atoms with Crippen LogP contribution in [0.2, 0.25) is 0 Å². The molecule has 2 heterocycles. The molecule has 0 unspecified atom stereocenters. The Kier molecular flexibility index (Phi) is 6.27. The van der Waals surface area contributed by atoms with E-state index in [1.165, 1.54) is 6.07 Å². The highest BCUT2D eigenvalue weighted by Crippen LogP contribution is 2.29. The fourth-order valence-corrected chi connectivity index (χ4v) is 3.63. The maximum absolute atomic E-state index is 13.0. The lowest BCUT2D eigenvalue weighted by Crippen LogP contribution is -2.30. The molecule has 2 aromatic carbocycles. The molecule has 3 aromatic rings. The molecule has 0 radical (unpaired) electrons. The van der Waals surface area contributed by atoms with Crippen LogP contribution in [0.4, 0.5) is 11.4 Å². The second-order valence-electron chi connectivity index (χ2n) is 8.35. The molecule has 2 N–H and O–H groups in total. The number of nitrogens with one attached hydrogen (secondary N) is 2. The number of carbonyl (C=O) groups excluding carboxylic acids is 4. The summed E-state index contributed by atoms with van der Waals surface area (Å²) in [5.41, 5.74) is 1.56. The van der Waals surface area contributed by atoms with Gasteiger partial charge in [0.2, 0.25) is 0 Å². The molecule has 34 heavy (non-hydrogen) atoms. The van der Waals surface area contributed by atoms with Crippen molar-refractivity contribution in [3.63, 3.8) is 0 Å². The van der Waals surface area contributed by atoms with Crippen molar-refractivity contribution >= 4 is 35.0 Å². The van der Waals surface area contributed by atoms with Crippen LogP contribution in [-0.4, -0.2) is 40.0 Å². The zero-order valence-corrected chi connectivity index (χ0v) is 19.2. The summed E-state index contributed by atoms with van der Waals surface area (Å²) in [6, 6.07) is 12.8. The van der Waals surface area contributed by atoms with E-state index in [9.17, 15) is 19.2 Å². The number of rotatable bonds is 7. The quantitative estimate of drug-likeness (QED) is 0.526. The standard InChI is InChI=1S/C25H25N5O4/c1-4-29-14-20(21(28-29)23(32)26-13-15(2)3)27-22(31)16-8-7-9-17(12-16)30-24(33)18-10-5-6-11-19(18)25(30)34/h5-12,14-15H,4,13H2,1-3H3,(H,26,32)(H,27,31). The van der Waals surface area contributed by atoms with Crippen LogP contribution in [0, 0.1) is 5.92 Å². The average Bonchev–Trinajstić information content (AvgIpc) is 3.36. The van der Waals surface area contributed by atoms with Crippen molar-refractivity contribution in [1.29, 1.82) is 0 Å². The summed E-state index contributed by atoms with van der Waals surface area (Å²) in [5.74, 6) is -1.49. The highest BCUT2D eigenvalue weighted by atomic mass is 16.2. The number of amides is 4. The summed E-state index contributed by atoms with van der Waals surface area (Å²) in [7, 11) is 0. The zero-order chi connectivity index (χ0) is 24.4. The van der Waals surface area contributed by atoms with E-state index >= 15 is 0 Å². The van der Waals surface area contributed by atoms with E-state index in [1.807, 2.05) is 20.8 Å². The second-order valence-corrected chi connectivity index (χ2v) is 8.35. The van der Waals surface area contributed by atoms with Gasteiger partial charge in [-0.15, -0.1) is 0 Å². The number of benzene rings is 2. The number of imide groups is 1. The SMILES string of the molecule is CCn1cc(NC(=O)c2cccc(N3C(=O)c4ccccc4C3=O)c2)c(C(=O)NCC(C)C)n1. The van der Waals surface area contributed by atoms with Gasteiger partial charge in [0.15, 0.2) is 5.69 Å². The first-order valence-corrected chi connectivity index (χ1v) is 11.0. The van der Waals surface area contributed by atoms with Gasteiger partial charge < -0.3 is 10.6 Å². The molecular formula is C25H25N5O4. The lowest BCUT2D eigenvalue weighted by molar-refractivity contribution is 0.0919. The van der Waals surface area contributed by atoms with E-state index < -0.39 is 17.7 Å². The van der Waals surface area contributed by atoms with Crippen LogP contribution in [0.1, 0.15) is 62.3 Å². The number of fused-ring (bicyclic) bond motifs is 1. The Bertz CT molecular complexity index is 1260. The van der Waals surface area contributed by atoms with Gasteiger partial charge in [0.1, 0.15) is 0 Å². The summed E-state index contributed by atoms with van der Waals surface area (Å²) in [4.78, 5) is 52.3. The van der Waals surface area contributed by atoms with Crippen LogP contribution < -0.4 is 15.5 Å². The van der Waals surface area contributed by atoms with Gasteiger partial charge in [0, 0.05) is 24.8 Å². The third-order valence-corrected chi connectivity index (χ3v) is 5.38. The number of aromatic nitrogens is 2. The van der Waals surface area contributed by atoms with Gasteiger partial charge in [0.25, 0.3) is 23.6 Å². The summed E-state index contributed by atoms with van der Waals surface area (Å²) < 4.78 is 1.56. The number of hydrogen-bond acceptors (Lipinski definition) is 5. The summed E-state index contributed by atoms with van der Waals surface area (Å²) >= 11 is 0. The minimum Gasteiger partial charge on any atom is -0.350 e. The minimum absolute atomic E-state index is 0.118. The highest BCUT2D eigenvalue weighted by molar-refractivity contribution is 6.34. The van der Waals surface area contributed by atoms with Gasteiger partial charge in [0.05, 0.1) is 22.5 Å². The number of hydrogen-bond donors (Lipinski definition) is 2. The number of nitrogens with zero attached hydrogens (tertiary/aromatic N) is 3. The molecule has 0 fully saturated rings. The Labute approximate surface area is 196 Å². The number of carbonyl (C=O) groups is 4. The lowest BCUT2D eigenvalue weighted by atomic mass is 10.1. The van der Waals surface area contributed by atoms with Gasteiger partial charge in [-0.3, -0.25) is 23.9 Å². The predicted molar refractivity (Wildman–Crippen MR) is 127 cm³/mol. The monoisotopic (exact) mass is 459 g/mol. The Hall–Kier alpha value is -4.27. The highest BCUT2D eigenvalue weighted by Gasteiger charge is 2.36. The van der Waals surface area contributed by atoms with Crippen molar-refractivity contribution < 1.29 is 19.2 Å². The lowest BCUT2D eigenvalue weighted by Gasteiger charge is -2.15. The fourth-order valence-electron chi connectivity index (χ4n) is 3.63. The van der Waals surface area contributed by atoms with E-state index in [0.29, 0.717) is 24.2 Å². The third kappa shape index (κ3) is 4.32. The van der Waals surface area contributed by atoms with Crippen LogP contribution in [0.3, 0.4) is 0 Å². The maximum atomic E-state index is 13.0. The van der Waals surface area contributed by atoms with Crippen molar-refractivity contribution in [2.75, 3.05) is 16.8 Å². The summed E-state index contributed by atoms with van der Waals surface area (Å²) in [6.07, 6.45) is 1.59. The van der Waals surface area contributed by atoms with Crippen LogP contribution in [0.25, 0.3) is 0 Å². The van der Waals surface area contributed by atoms with Crippen molar-refractivity contribution in [3.8, 4) is 0 Å². The molecule has 1 aliphatic heterocycles. The van der Waals surface area contributed by atoms with Gasteiger partial charge in [-0.05, 0) is 43.2 Å². The van der Waals surface area contributed by atoms with E-state index in [2.05, 4.69) is 15.7 Å². The summed E-state index contributed by atoms with van der Waals surface area (Å²) in [6.45, 7) is 6.84. The first-order chi connectivity index (χ1) is 16.3. The van der Waals surface area contributed by atoms with Crippen LogP contribution in [0.5, 0.6) is 0 Å². The fraction of sp³-hybridized carbons (Fsp3) is 0.240. The van der Waals surface area contributed by atoms with Crippen molar-refractivity contribution in [2.24, 2.45) is 5.92 Å². The van der Waals surface area contributed by atoms with Crippen LogP contribution >= 0.6 is 0 Å². The molecule has 4 amide bonds. The molecule has 4 rings (SSSR count). The molecule has 9 heteroatoms. The average molecular weight is 460 g/mol. The second kappa shape index (κ2) is 9.30. The molecule has 1 aliphatic rings. The third-order valence-electron chi connectivity index (χ3n) is 5.38. The number of aryl methyl sites for hydroxylation is 1. The Morgan fingerprint density at radius 2 is 1.65 bits per heavy atom. The van der Waals surface area contributed by atoms with Crippen LogP contribution in [0.15, 0.2) is 54.7 Å². The smallest absolute Gasteiger partial charge is 0.273 e. The van der Waals surface area contributed by atoms with Gasteiger partial charge in [-0.25, -0.2) is 4.90 Å². The maximum Gasteiger partial charge on any atom is 0.273 e. The molecular weight excluding hydrogens is 434 g/mol. The van der Waals surface area contributed by atoms with Gasteiger partial charge >= 0.3 is 0 Å². The molecule has 0 bridgehead atoms. The number of anilines is 2. The molecule has 0 spiro atoms.